The van der Waals surface area contributed by atoms with Crippen LogP contribution in [0.5, 0.6) is 0 Å². The first-order valence-corrected chi connectivity index (χ1v) is 4.95. The van der Waals surface area contributed by atoms with Gasteiger partial charge < -0.3 is 4.74 Å². The Hall–Kier alpha value is -1.64. The van der Waals surface area contributed by atoms with Gasteiger partial charge in [-0.25, -0.2) is 0 Å². The van der Waals surface area contributed by atoms with Gasteiger partial charge in [0.25, 0.3) is 0 Å². The van der Waals surface area contributed by atoms with Gasteiger partial charge in [0.1, 0.15) is 0 Å². The lowest BCUT2D eigenvalue weighted by Gasteiger charge is -2.04. The van der Waals surface area contributed by atoms with Crippen LogP contribution in [0.3, 0.4) is 0 Å². The van der Waals surface area contributed by atoms with Crippen LogP contribution in [0.4, 0.5) is 5.69 Å². The van der Waals surface area contributed by atoms with Gasteiger partial charge in [-0.15, -0.1) is 0 Å². The molecular formula is C12H15NO2. The number of esters is 1. The predicted octanol–water partition coefficient (Wildman–Crippen LogP) is 2.73. The largest absolute Gasteiger partial charge is 0.463 e. The number of hydrogen-bond donors (Lipinski definition) is 0. The van der Waals surface area contributed by atoms with Crippen LogP contribution in [0.15, 0.2) is 35.3 Å². The molecule has 0 N–H and O–H groups in total. The summed E-state index contributed by atoms with van der Waals surface area (Å²) in [6.07, 6.45) is 1.72. The van der Waals surface area contributed by atoms with E-state index >= 15 is 0 Å². The Kier molecular flexibility index (Phi) is 4.54. The van der Waals surface area contributed by atoms with Crippen molar-refractivity contribution >= 4 is 17.9 Å². The number of rotatable bonds is 4. The van der Waals surface area contributed by atoms with Gasteiger partial charge in [-0.3, -0.25) is 9.79 Å². The Bertz CT molecular complexity index is 331. The highest BCUT2D eigenvalue weighted by atomic mass is 16.5. The fourth-order valence-electron chi connectivity index (χ4n) is 1.05. The number of carbonyl (C=O) groups excluding carboxylic acids is 1. The first-order valence-electron chi connectivity index (χ1n) is 4.95. The van der Waals surface area contributed by atoms with Crippen molar-refractivity contribution in [2.24, 2.45) is 4.99 Å². The minimum atomic E-state index is -0.246. The monoisotopic (exact) mass is 205 g/mol. The van der Waals surface area contributed by atoms with E-state index < -0.39 is 0 Å². The summed E-state index contributed by atoms with van der Waals surface area (Å²) in [6.45, 7) is 3.65. The lowest BCUT2D eigenvalue weighted by Crippen LogP contribution is -2.11. The summed E-state index contributed by atoms with van der Waals surface area (Å²) in [7, 11) is 0. The molecule has 1 aromatic carbocycles. The van der Waals surface area contributed by atoms with Crippen molar-refractivity contribution in [1.82, 2.24) is 0 Å². The van der Waals surface area contributed by atoms with Gasteiger partial charge in [0.05, 0.1) is 18.2 Å². The van der Waals surface area contributed by atoms with Gasteiger partial charge in [-0.1, -0.05) is 18.2 Å². The lowest BCUT2D eigenvalue weighted by molar-refractivity contribution is -0.145. The topological polar surface area (TPSA) is 38.7 Å². The summed E-state index contributed by atoms with van der Waals surface area (Å²) < 4.78 is 4.96. The molecule has 0 unspecified atom stereocenters. The van der Waals surface area contributed by atoms with E-state index in [0.29, 0.717) is 0 Å². The summed E-state index contributed by atoms with van der Waals surface area (Å²) in [6, 6.07) is 9.48. The number of nitrogens with zero attached hydrogens (tertiary/aromatic N) is 1. The molecule has 0 fully saturated rings. The molecule has 80 valence electrons. The maximum Gasteiger partial charge on any atom is 0.311 e. The molecule has 0 aliphatic heterocycles. The Morgan fingerprint density at radius 3 is 2.67 bits per heavy atom. The standard InChI is InChI=1S/C12H15NO2/c1-10(2)15-12(14)8-9-13-11-6-4-3-5-7-11/h3-7,9-10H,8H2,1-2H3. The Morgan fingerprint density at radius 2 is 2.07 bits per heavy atom. The van der Waals surface area contributed by atoms with Gasteiger partial charge in [-0.2, -0.15) is 0 Å². The third kappa shape index (κ3) is 4.96. The predicted molar refractivity (Wildman–Crippen MR) is 60.4 cm³/mol. The van der Waals surface area contributed by atoms with Gasteiger partial charge in [0.15, 0.2) is 0 Å². The molecule has 3 heteroatoms. The van der Waals surface area contributed by atoms with E-state index in [9.17, 15) is 4.79 Å². The molecular weight excluding hydrogens is 190 g/mol. The van der Waals surface area contributed by atoms with E-state index in [0.717, 1.165) is 5.69 Å². The van der Waals surface area contributed by atoms with Crippen LogP contribution in [0.2, 0.25) is 0 Å². The second kappa shape index (κ2) is 5.96. The first-order chi connectivity index (χ1) is 7.18. The normalized spacial score (nSPS) is 10.9. The molecule has 0 saturated carbocycles. The first kappa shape index (κ1) is 11.4. The lowest BCUT2D eigenvalue weighted by atomic mass is 10.3. The van der Waals surface area contributed by atoms with Crippen LogP contribution >= 0.6 is 0 Å². The summed E-state index contributed by atoms with van der Waals surface area (Å²) in [5.41, 5.74) is 0.842. The minimum Gasteiger partial charge on any atom is -0.463 e. The van der Waals surface area contributed by atoms with Crippen LogP contribution in [-0.2, 0) is 9.53 Å². The molecule has 0 bridgehead atoms. The molecule has 0 radical (unpaired) electrons. The van der Waals surface area contributed by atoms with Gasteiger partial charge in [-0.05, 0) is 26.0 Å². The van der Waals surface area contributed by atoms with Crippen LogP contribution < -0.4 is 0 Å². The van der Waals surface area contributed by atoms with Crippen LogP contribution in [0.25, 0.3) is 0 Å². The highest BCUT2D eigenvalue weighted by molar-refractivity contribution is 5.87. The van der Waals surface area contributed by atoms with E-state index in [1.165, 1.54) is 0 Å². The van der Waals surface area contributed by atoms with E-state index in [2.05, 4.69) is 4.99 Å². The molecule has 0 amide bonds. The minimum absolute atomic E-state index is 0.0670. The number of benzene rings is 1. The Balaban J connectivity index is 2.37. The maximum atomic E-state index is 11.1. The number of para-hydroxylation sites is 1. The number of hydrogen-bond acceptors (Lipinski definition) is 3. The Morgan fingerprint density at radius 1 is 1.40 bits per heavy atom. The van der Waals surface area contributed by atoms with Crippen molar-refractivity contribution in [2.45, 2.75) is 26.4 Å². The second-order valence-corrected chi connectivity index (χ2v) is 3.39. The molecule has 15 heavy (non-hydrogen) atoms. The van der Waals surface area contributed by atoms with E-state index in [1.807, 2.05) is 44.2 Å². The van der Waals surface area contributed by atoms with Crippen molar-refractivity contribution in [3.8, 4) is 0 Å². The zero-order valence-corrected chi connectivity index (χ0v) is 9.01. The second-order valence-electron chi connectivity index (χ2n) is 3.39. The summed E-state index contributed by atoms with van der Waals surface area (Å²) in [4.78, 5) is 15.3. The molecule has 0 aliphatic rings. The van der Waals surface area contributed by atoms with E-state index in [-0.39, 0.29) is 18.5 Å². The van der Waals surface area contributed by atoms with Gasteiger partial charge in [0, 0.05) is 6.21 Å². The van der Waals surface area contributed by atoms with Crippen molar-refractivity contribution in [3.05, 3.63) is 30.3 Å². The van der Waals surface area contributed by atoms with Crippen molar-refractivity contribution in [2.75, 3.05) is 0 Å². The molecule has 0 saturated heterocycles. The van der Waals surface area contributed by atoms with Crippen LogP contribution in [0.1, 0.15) is 20.3 Å². The maximum absolute atomic E-state index is 11.1. The summed E-state index contributed by atoms with van der Waals surface area (Å²) >= 11 is 0. The molecule has 1 rings (SSSR count). The number of carbonyl (C=O) groups is 1. The third-order valence-corrected chi connectivity index (χ3v) is 1.62. The summed E-state index contributed by atoms with van der Waals surface area (Å²) in [5, 5.41) is 0. The quantitative estimate of drug-likeness (QED) is 0.560. The van der Waals surface area contributed by atoms with E-state index in [4.69, 9.17) is 4.74 Å². The van der Waals surface area contributed by atoms with Crippen molar-refractivity contribution < 1.29 is 9.53 Å². The fraction of sp³-hybridized carbons (Fsp3) is 0.333. The molecule has 0 heterocycles. The molecule has 0 spiro atoms. The molecule has 0 atom stereocenters. The fourth-order valence-corrected chi connectivity index (χ4v) is 1.05. The average Bonchev–Trinajstić information content (AvgIpc) is 2.18. The van der Waals surface area contributed by atoms with Crippen LogP contribution in [0, 0.1) is 0 Å². The highest BCUT2D eigenvalue weighted by Gasteiger charge is 2.02. The van der Waals surface area contributed by atoms with Crippen molar-refractivity contribution in [1.29, 1.82) is 0 Å². The number of ether oxygens (including phenoxy) is 1. The SMILES string of the molecule is CC(C)OC(=O)CC=Nc1ccccc1. The molecule has 1 aromatic rings. The molecule has 0 aromatic heterocycles. The molecule has 3 nitrogen and oxygen atoms in total. The van der Waals surface area contributed by atoms with E-state index in [1.54, 1.807) is 6.21 Å². The third-order valence-electron chi connectivity index (χ3n) is 1.62. The Labute approximate surface area is 89.8 Å². The average molecular weight is 205 g/mol. The molecule has 0 aliphatic carbocycles. The number of aliphatic imine (C=N–C) groups is 1. The van der Waals surface area contributed by atoms with Crippen molar-refractivity contribution in [3.63, 3.8) is 0 Å². The highest BCUT2D eigenvalue weighted by Crippen LogP contribution is 2.08. The zero-order valence-electron chi connectivity index (χ0n) is 9.01. The smallest absolute Gasteiger partial charge is 0.311 e. The summed E-state index contributed by atoms with van der Waals surface area (Å²) in [5.74, 6) is -0.246. The van der Waals surface area contributed by atoms with Crippen LogP contribution in [-0.4, -0.2) is 18.3 Å². The zero-order chi connectivity index (χ0) is 11.1. The van der Waals surface area contributed by atoms with Gasteiger partial charge >= 0.3 is 5.97 Å². The van der Waals surface area contributed by atoms with Gasteiger partial charge in [0.2, 0.25) is 0 Å².